The van der Waals surface area contributed by atoms with Gasteiger partial charge in [-0.1, -0.05) is 12.1 Å². The Bertz CT molecular complexity index is 526. The molecule has 0 radical (unpaired) electrons. The zero-order valence-electron chi connectivity index (χ0n) is 7.58. The summed E-state index contributed by atoms with van der Waals surface area (Å²) >= 11 is 0. The van der Waals surface area contributed by atoms with Crippen LogP contribution < -0.4 is 0 Å². The summed E-state index contributed by atoms with van der Waals surface area (Å²) in [7, 11) is -3.09. The summed E-state index contributed by atoms with van der Waals surface area (Å²) in [6, 6.07) is 7.26. The monoisotopic (exact) mass is 211 g/mol. The first-order valence-corrected chi connectivity index (χ1v) is 6.08. The molecule has 6 heteroatoms. The van der Waals surface area contributed by atoms with Gasteiger partial charge in [-0.05, 0) is 12.1 Å². The number of hydrogen-bond donors (Lipinski definition) is 0. The average Bonchev–Trinajstić information content (AvgIpc) is 2.42. The van der Waals surface area contributed by atoms with Crippen LogP contribution in [0.1, 0.15) is 0 Å². The lowest BCUT2D eigenvalue weighted by Gasteiger charge is -1.94. The number of hydrogen-bond acceptors (Lipinski definition) is 4. The molecule has 0 fully saturated rings. The van der Waals surface area contributed by atoms with Gasteiger partial charge in [0.25, 0.3) is 0 Å². The van der Waals surface area contributed by atoms with Crippen LogP contribution in [0.25, 0.3) is 11.0 Å². The van der Waals surface area contributed by atoms with Crippen LogP contribution in [0.3, 0.4) is 0 Å². The van der Waals surface area contributed by atoms with Gasteiger partial charge in [0.2, 0.25) is 0 Å². The molecule has 0 amide bonds. The highest BCUT2D eigenvalue weighted by atomic mass is 32.2. The summed E-state index contributed by atoms with van der Waals surface area (Å²) in [6.45, 7) is 0. The molecule has 74 valence electrons. The minimum atomic E-state index is -3.09. The number of fused-ring (bicyclic) bond motifs is 1. The molecular formula is C8H9N3O2S. The normalized spacial score (nSPS) is 12.1. The Morgan fingerprint density at radius 3 is 2.14 bits per heavy atom. The third-order valence-corrected chi connectivity index (χ3v) is 2.38. The van der Waals surface area contributed by atoms with Crippen LogP contribution in [0, 0.1) is 0 Å². The van der Waals surface area contributed by atoms with Crippen molar-refractivity contribution in [3.63, 3.8) is 0 Å². The van der Waals surface area contributed by atoms with E-state index in [1.807, 2.05) is 12.1 Å². The Morgan fingerprint density at radius 2 is 1.71 bits per heavy atom. The third-order valence-electron chi connectivity index (χ3n) is 1.68. The van der Waals surface area contributed by atoms with E-state index in [-0.39, 0.29) is 5.88 Å². The fourth-order valence-electron chi connectivity index (χ4n) is 1.17. The second kappa shape index (κ2) is 3.06. The largest absolute Gasteiger partial charge is 0.227 e. The Hall–Kier alpha value is -1.43. The SMILES string of the molecule is CS(=O)(=O)Cn1nc2ccccc2n1. The zero-order chi connectivity index (χ0) is 10.2. The molecule has 0 saturated heterocycles. The van der Waals surface area contributed by atoms with Crippen molar-refractivity contribution in [2.24, 2.45) is 0 Å². The first kappa shape index (κ1) is 9.14. The van der Waals surface area contributed by atoms with Crippen molar-refractivity contribution in [1.82, 2.24) is 15.0 Å². The molecule has 5 nitrogen and oxygen atoms in total. The van der Waals surface area contributed by atoms with Crippen molar-refractivity contribution >= 4 is 20.9 Å². The fourth-order valence-corrected chi connectivity index (χ4v) is 1.71. The van der Waals surface area contributed by atoms with Gasteiger partial charge in [-0.25, -0.2) is 8.42 Å². The number of nitrogens with zero attached hydrogens (tertiary/aromatic N) is 3. The van der Waals surface area contributed by atoms with E-state index in [2.05, 4.69) is 10.2 Å². The summed E-state index contributed by atoms with van der Waals surface area (Å²) < 4.78 is 22.0. The maximum absolute atomic E-state index is 11.0. The lowest BCUT2D eigenvalue weighted by atomic mass is 10.3. The topological polar surface area (TPSA) is 64.8 Å². The predicted octanol–water partition coefficient (Wildman–Crippen LogP) is 0.433. The van der Waals surface area contributed by atoms with Gasteiger partial charge in [0.1, 0.15) is 11.0 Å². The molecule has 0 aliphatic carbocycles. The van der Waals surface area contributed by atoms with Gasteiger partial charge in [-0.2, -0.15) is 15.0 Å². The van der Waals surface area contributed by atoms with E-state index >= 15 is 0 Å². The van der Waals surface area contributed by atoms with Crippen molar-refractivity contribution in [2.45, 2.75) is 5.88 Å². The van der Waals surface area contributed by atoms with Gasteiger partial charge in [0.15, 0.2) is 15.7 Å². The number of rotatable bonds is 2. The highest BCUT2D eigenvalue weighted by Gasteiger charge is 2.07. The van der Waals surface area contributed by atoms with Gasteiger partial charge >= 0.3 is 0 Å². The average molecular weight is 211 g/mol. The molecule has 1 heterocycles. The molecular weight excluding hydrogens is 202 g/mol. The molecule has 0 unspecified atom stereocenters. The van der Waals surface area contributed by atoms with Crippen molar-refractivity contribution in [3.8, 4) is 0 Å². The lowest BCUT2D eigenvalue weighted by Crippen LogP contribution is -2.11. The van der Waals surface area contributed by atoms with E-state index in [0.29, 0.717) is 11.0 Å². The molecule has 0 atom stereocenters. The van der Waals surface area contributed by atoms with Gasteiger partial charge in [0, 0.05) is 6.26 Å². The summed E-state index contributed by atoms with van der Waals surface area (Å²) in [6.07, 6.45) is 1.15. The summed E-state index contributed by atoms with van der Waals surface area (Å²) in [4.78, 5) is 1.19. The van der Waals surface area contributed by atoms with Crippen LogP contribution in [0.15, 0.2) is 24.3 Å². The molecule has 0 bridgehead atoms. The minimum absolute atomic E-state index is 0.179. The second-order valence-electron chi connectivity index (χ2n) is 3.12. The molecule has 0 spiro atoms. The molecule has 2 aromatic rings. The van der Waals surface area contributed by atoms with Crippen LogP contribution in [-0.2, 0) is 15.7 Å². The molecule has 2 rings (SSSR count). The van der Waals surface area contributed by atoms with E-state index in [1.54, 1.807) is 12.1 Å². The first-order chi connectivity index (χ1) is 6.54. The van der Waals surface area contributed by atoms with Crippen LogP contribution >= 0.6 is 0 Å². The second-order valence-corrected chi connectivity index (χ2v) is 5.23. The highest BCUT2D eigenvalue weighted by Crippen LogP contribution is 2.07. The first-order valence-electron chi connectivity index (χ1n) is 4.02. The van der Waals surface area contributed by atoms with Gasteiger partial charge in [-0.15, -0.1) is 0 Å². The van der Waals surface area contributed by atoms with Crippen molar-refractivity contribution in [3.05, 3.63) is 24.3 Å². The Labute approximate surface area is 81.3 Å². The highest BCUT2D eigenvalue weighted by molar-refractivity contribution is 7.89. The number of sulfone groups is 1. The zero-order valence-corrected chi connectivity index (χ0v) is 8.40. The maximum Gasteiger partial charge on any atom is 0.169 e. The Morgan fingerprint density at radius 1 is 1.21 bits per heavy atom. The van der Waals surface area contributed by atoms with Gasteiger partial charge in [-0.3, -0.25) is 0 Å². The predicted molar refractivity (Wildman–Crippen MR) is 52.4 cm³/mol. The Balaban J connectivity index is 2.46. The molecule has 1 aromatic heterocycles. The maximum atomic E-state index is 11.0. The van der Waals surface area contributed by atoms with Crippen LogP contribution in [0.4, 0.5) is 0 Å². The summed E-state index contributed by atoms with van der Waals surface area (Å²) in [5.74, 6) is -0.179. The van der Waals surface area contributed by atoms with E-state index in [0.717, 1.165) is 6.26 Å². The van der Waals surface area contributed by atoms with Crippen molar-refractivity contribution in [1.29, 1.82) is 0 Å². The fraction of sp³-hybridized carbons (Fsp3) is 0.250. The molecule has 0 saturated carbocycles. The van der Waals surface area contributed by atoms with E-state index in [4.69, 9.17) is 0 Å². The third kappa shape index (κ3) is 1.90. The lowest BCUT2D eigenvalue weighted by molar-refractivity contribution is 0.563. The van der Waals surface area contributed by atoms with Crippen LogP contribution in [-0.4, -0.2) is 29.7 Å². The minimum Gasteiger partial charge on any atom is -0.227 e. The smallest absolute Gasteiger partial charge is 0.169 e. The van der Waals surface area contributed by atoms with Gasteiger partial charge < -0.3 is 0 Å². The molecule has 0 aliphatic heterocycles. The van der Waals surface area contributed by atoms with Gasteiger partial charge in [0.05, 0.1) is 0 Å². The number of aromatic nitrogens is 3. The molecule has 0 aliphatic rings. The van der Waals surface area contributed by atoms with E-state index in [1.165, 1.54) is 4.80 Å². The van der Waals surface area contributed by atoms with E-state index in [9.17, 15) is 8.42 Å². The Kier molecular flexibility index (Phi) is 1.99. The van der Waals surface area contributed by atoms with Crippen LogP contribution in [0.5, 0.6) is 0 Å². The standard InChI is InChI=1S/C8H9N3O2S/c1-14(12,13)6-11-9-7-4-2-3-5-8(7)10-11/h2-5H,6H2,1H3. The van der Waals surface area contributed by atoms with Crippen molar-refractivity contribution < 1.29 is 8.42 Å². The number of benzene rings is 1. The van der Waals surface area contributed by atoms with Crippen LogP contribution in [0.2, 0.25) is 0 Å². The molecule has 1 aromatic carbocycles. The summed E-state index contributed by atoms with van der Waals surface area (Å²) in [5, 5.41) is 8.05. The summed E-state index contributed by atoms with van der Waals surface area (Å²) in [5.41, 5.74) is 1.41. The molecule has 14 heavy (non-hydrogen) atoms. The van der Waals surface area contributed by atoms with E-state index < -0.39 is 9.84 Å². The quantitative estimate of drug-likeness (QED) is 0.722. The molecule has 0 N–H and O–H groups in total. The van der Waals surface area contributed by atoms with Crippen molar-refractivity contribution in [2.75, 3.05) is 6.26 Å².